The molecular weight excluding hydrogens is 335 g/mol. The van der Waals surface area contributed by atoms with Crippen LogP contribution in [0.15, 0.2) is 46.0 Å². The molecule has 0 aliphatic carbocycles. The summed E-state index contributed by atoms with van der Waals surface area (Å²) in [4.78, 5) is 16.2. The molecule has 0 bridgehead atoms. The van der Waals surface area contributed by atoms with Gasteiger partial charge in [0.2, 0.25) is 5.91 Å². The van der Waals surface area contributed by atoms with Gasteiger partial charge in [-0.25, -0.2) is 9.38 Å². The molecule has 0 fully saturated rings. The minimum Gasteiger partial charge on any atom is -0.467 e. The Labute approximate surface area is 152 Å². The number of carbonyl (C=O) groups is 1. The Morgan fingerprint density at radius 3 is 2.77 bits per heavy atom. The molecule has 2 aromatic rings. The molecule has 0 saturated carbocycles. The number of nitrogens with zero attached hydrogens (tertiary/aromatic N) is 1. The molecule has 1 amide bonds. The van der Waals surface area contributed by atoms with Gasteiger partial charge in [0.05, 0.1) is 18.8 Å². The normalized spacial score (nSPS) is 12.5. The Morgan fingerprint density at radius 1 is 1.31 bits per heavy atom. The molecule has 2 rings (SSSR count). The molecule has 0 saturated heterocycles. The topological polar surface area (TPSA) is 78.7 Å². The van der Waals surface area contributed by atoms with E-state index in [-0.39, 0.29) is 24.3 Å². The van der Waals surface area contributed by atoms with Crippen molar-refractivity contribution in [2.75, 3.05) is 13.1 Å². The first-order valence-electron chi connectivity index (χ1n) is 8.59. The Balaban J connectivity index is 1.92. The number of furan rings is 1. The number of amides is 1. The van der Waals surface area contributed by atoms with Crippen molar-refractivity contribution in [3.05, 3.63) is 59.3 Å². The minimum absolute atomic E-state index is 0.0228. The van der Waals surface area contributed by atoms with E-state index in [9.17, 15) is 9.18 Å². The number of hydrogen-bond donors (Lipinski definition) is 3. The molecule has 7 heteroatoms. The highest BCUT2D eigenvalue weighted by Gasteiger charge is 2.10. The standard InChI is InChI=1S/C19H25FN4O2/c1-4-21-19(23-12-18(25)22-11-16-6-5-9-26-16)24-14(3)15-8-7-13(2)17(20)10-15/h5-10,14H,4,11-12H2,1-3H3,(H,22,25)(H2,21,23,24). The highest BCUT2D eigenvalue weighted by molar-refractivity contribution is 5.85. The van der Waals surface area contributed by atoms with E-state index in [4.69, 9.17) is 4.42 Å². The van der Waals surface area contributed by atoms with E-state index in [1.54, 1.807) is 31.4 Å². The van der Waals surface area contributed by atoms with Crippen LogP contribution in [0.3, 0.4) is 0 Å². The summed E-state index contributed by atoms with van der Waals surface area (Å²) in [6.45, 7) is 6.52. The second-order valence-corrected chi connectivity index (χ2v) is 5.93. The number of halogens is 1. The van der Waals surface area contributed by atoms with Gasteiger partial charge in [-0.05, 0) is 50.1 Å². The Bertz CT molecular complexity index is 744. The van der Waals surface area contributed by atoms with Gasteiger partial charge in [0.15, 0.2) is 5.96 Å². The summed E-state index contributed by atoms with van der Waals surface area (Å²) in [6.07, 6.45) is 1.56. The Kier molecular flexibility index (Phi) is 7.20. The number of aryl methyl sites for hydroxylation is 1. The summed E-state index contributed by atoms with van der Waals surface area (Å²) in [5.74, 6) is 0.722. The van der Waals surface area contributed by atoms with E-state index in [0.717, 1.165) is 5.56 Å². The van der Waals surface area contributed by atoms with E-state index in [2.05, 4.69) is 20.9 Å². The molecular formula is C19H25FN4O2. The predicted molar refractivity (Wildman–Crippen MR) is 99.2 cm³/mol. The van der Waals surface area contributed by atoms with Gasteiger partial charge >= 0.3 is 0 Å². The van der Waals surface area contributed by atoms with Crippen LogP contribution in [-0.4, -0.2) is 25.0 Å². The van der Waals surface area contributed by atoms with Crippen molar-refractivity contribution in [1.29, 1.82) is 0 Å². The van der Waals surface area contributed by atoms with Gasteiger partial charge in [-0.2, -0.15) is 0 Å². The van der Waals surface area contributed by atoms with Crippen molar-refractivity contribution < 1.29 is 13.6 Å². The first-order valence-corrected chi connectivity index (χ1v) is 8.59. The van der Waals surface area contributed by atoms with Gasteiger partial charge in [0.1, 0.15) is 18.1 Å². The summed E-state index contributed by atoms with van der Waals surface area (Å²) < 4.78 is 18.9. The van der Waals surface area contributed by atoms with Crippen LogP contribution in [0.25, 0.3) is 0 Å². The molecule has 1 unspecified atom stereocenters. The summed E-state index contributed by atoms with van der Waals surface area (Å²) in [7, 11) is 0. The number of hydrogen-bond acceptors (Lipinski definition) is 3. The zero-order chi connectivity index (χ0) is 18.9. The summed E-state index contributed by atoms with van der Waals surface area (Å²) in [5, 5.41) is 9.00. The smallest absolute Gasteiger partial charge is 0.242 e. The molecule has 0 aliphatic rings. The van der Waals surface area contributed by atoms with E-state index >= 15 is 0 Å². The van der Waals surface area contributed by atoms with Gasteiger partial charge in [-0.1, -0.05) is 12.1 Å². The van der Waals surface area contributed by atoms with E-state index in [1.807, 2.05) is 19.9 Å². The Morgan fingerprint density at radius 2 is 2.12 bits per heavy atom. The lowest BCUT2D eigenvalue weighted by molar-refractivity contribution is -0.119. The number of carbonyl (C=O) groups excluding carboxylic acids is 1. The molecule has 6 nitrogen and oxygen atoms in total. The monoisotopic (exact) mass is 360 g/mol. The molecule has 26 heavy (non-hydrogen) atoms. The number of aliphatic imine (C=N–C) groups is 1. The maximum absolute atomic E-state index is 13.7. The van der Waals surface area contributed by atoms with Crippen LogP contribution in [0.1, 0.15) is 36.8 Å². The predicted octanol–water partition coefficient (Wildman–Crippen LogP) is 2.66. The summed E-state index contributed by atoms with van der Waals surface area (Å²) >= 11 is 0. The fourth-order valence-corrected chi connectivity index (χ4v) is 2.29. The van der Waals surface area contributed by atoms with Crippen molar-refractivity contribution in [2.45, 2.75) is 33.4 Å². The zero-order valence-corrected chi connectivity index (χ0v) is 15.3. The zero-order valence-electron chi connectivity index (χ0n) is 15.3. The van der Waals surface area contributed by atoms with Crippen LogP contribution in [0.5, 0.6) is 0 Å². The van der Waals surface area contributed by atoms with Gasteiger partial charge in [0, 0.05) is 6.54 Å². The first-order chi connectivity index (χ1) is 12.5. The van der Waals surface area contributed by atoms with Crippen LogP contribution in [0, 0.1) is 12.7 Å². The average molecular weight is 360 g/mol. The third kappa shape index (κ3) is 5.91. The largest absolute Gasteiger partial charge is 0.467 e. The van der Waals surface area contributed by atoms with Crippen molar-refractivity contribution >= 4 is 11.9 Å². The molecule has 1 heterocycles. The molecule has 1 atom stereocenters. The highest BCUT2D eigenvalue weighted by Crippen LogP contribution is 2.16. The fraction of sp³-hybridized carbons (Fsp3) is 0.368. The molecule has 0 aliphatic heterocycles. The lowest BCUT2D eigenvalue weighted by Gasteiger charge is -2.18. The van der Waals surface area contributed by atoms with E-state index in [1.165, 1.54) is 6.07 Å². The quantitative estimate of drug-likeness (QED) is 0.524. The summed E-state index contributed by atoms with van der Waals surface area (Å²) in [5.41, 5.74) is 1.41. The second-order valence-electron chi connectivity index (χ2n) is 5.93. The second kappa shape index (κ2) is 9.60. The maximum Gasteiger partial charge on any atom is 0.242 e. The lowest BCUT2D eigenvalue weighted by atomic mass is 10.1. The summed E-state index contributed by atoms with van der Waals surface area (Å²) in [6, 6.07) is 8.52. The number of nitrogens with one attached hydrogen (secondary N) is 3. The molecule has 0 radical (unpaired) electrons. The molecule has 140 valence electrons. The van der Waals surface area contributed by atoms with Gasteiger partial charge in [0.25, 0.3) is 0 Å². The highest BCUT2D eigenvalue weighted by atomic mass is 19.1. The van der Waals surface area contributed by atoms with Crippen LogP contribution in [0.2, 0.25) is 0 Å². The Hall–Kier alpha value is -2.83. The molecule has 3 N–H and O–H groups in total. The van der Waals surface area contributed by atoms with Gasteiger partial charge < -0.3 is 20.4 Å². The van der Waals surface area contributed by atoms with Crippen LogP contribution >= 0.6 is 0 Å². The number of guanidine groups is 1. The number of rotatable bonds is 7. The maximum atomic E-state index is 13.7. The molecule has 0 spiro atoms. The van der Waals surface area contributed by atoms with Crippen molar-refractivity contribution in [2.24, 2.45) is 4.99 Å². The molecule has 1 aromatic heterocycles. The van der Waals surface area contributed by atoms with Crippen molar-refractivity contribution in [3.63, 3.8) is 0 Å². The van der Waals surface area contributed by atoms with Crippen LogP contribution in [-0.2, 0) is 11.3 Å². The number of benzene rings is 1. The third-order valence-electron chi connectivity index (χ3n) is 3.81. The van der Waals surface area contributed by atoms with Gasteiger partial charge in [-0.15, -0.1) is 0 Å². The first kappa shape index (κ1) is 19.5. The van der Waals surface area contributed by atoms with Gasteiger partial charge in [-0.3, -0.25) is 4.79 Å². The van der Waals surface area contributed by atoms with E-state index in [0.29, 0.717) is 30.4 Å². The van der Waals surface area contributed by atoms with Crippen molar-refractivity contribution in [1.82, 2.24) is 16.0 Å². The minimum atomic E-state index is -0.240. The third-order valence-corrected chi connectivity index (χ3v) is 3.81. The SMILES string of the molecule is CCNC(=NCC(=O)NCc1ccco1)NC(C)c1ccc(C)c(F)c1. The van der Waals surface area contributed by atoms with Crippen LogP contribution in [0.4, 0.5) is 4.39 Å². The fourth-order valence-electron chi connectivity index (χ4n) is 2.29. The van der Waals surface area contributed by atoms with Crippen LogP contribution < -0.4 is 16.0 Å². The van der Waals surface area contributed by atoms with E-state index < -0.39 is 0 Å². The average Bonchev–Trinajstić information content (AvgIpc) is 3.14. The molecule has 1 aromatic carbocycles. The lowest BCUT2D eigenvalue weighted by Crippen LogP contribution is -2.39. The van der Waals surface area contributed by atoms with Crippen molar-refractivity contribution in [3.8, 4) is 0 Å².